The van der Waals surface area contributed by atoms with Crippen LogP contribution in [0.3, 0.4) is 0 Å². The second-order valence-corrected chi connectivity index (χ2v) is 5.86. The number of rotatable bonds is 6. The number of likely N-dealkylation sites (tertiary alicyclic amines) is 1. The Balaban J connectivity index is 1.79. The van der Waals surface area contributed by atoms with Gasteiger partial charge in [-0.3, -0.25) is 0 Å². The third kappa shape index (κ3) is 4.90. The second kappa shape index (κ2) is 8.25. The number of phenols is 1. The van der Waals surface area contributed by atoms with Crippen molar-refractivity contribution in [3.05, 3.63) is 23.8 Å². The topological polar surface area (TPSA) is 44.7 Å². The lowest BCUT2D eigenvalue weighted by atomic mass is 10.1. The molecule has 0 bridgehead atoms. The molecule has 4 heteroatoms. The Morgan fingerprint density at radius 2 is 1.95 bits per heavy atom. The molecular formula is C17H28N2O2. The van der Waals surface area contributed by atoms with Gasteiger partial charge in [-0.1, -0.05) is 18.9 Å². The molecule has 1 fully saturated rings. The van der Waals surface area contributed by atoms with Gasteiger partial charge in [0.2, 0.25) is 0 Å². The molecule has 1 aromatic rings. The van der Waals surface area contributed by atoms with E-state index >= 15 is 0 Å². The number of hydrogen-bond donors (Lipinski definition) is 2. The van der Waals surface area contributed by atoms with Gasteiger partial charge in [0, 0.05) is 30.8 Å². The summed E-state index contributed by atoms with van der Waals surface area (Å²) >= 11 is 0. The van der Waals surface area contributed by atoms with Crippen LogP contribution in [0.2, 0.25) is 0 Å². The molecule has 118 valence electrons. The molecule has 0 radical (unpaired) electrons. The first kappa shape index (κ1) is 16.1. The van der Waals surface area contributed by atoms with E-state index in [0.717, 1.165) is 18.7 Å². The number of ether oxygens (including phenoxy) is 1. The molecule has 21 heavy (non-hydrogen) atoms. The minimum atomic E-state index is 0.142. The van der Waals surface area contributed by atoms with Crippen LogP contribution in [0.15, 0.2) is 18.2 Å². The molecule has 1 aromatic carbocycles. The van der Waals surface area contributed by atoms with E-state index in [4.69, 9.17) is 4.74 Å². The fourth-order valence-corrected chi connectivity index (χ4v) is 2.93. The minimum absolute atomic E-state index is 0.142. The lowest BCUT2D eigenvalue weighted by Gasteiger charge is -2.22. The predicted molar refractivity (Wildman–Crippen MR) is 86.0 cm³/mol. The summed E-state index contributed by atoms with van der Waals surface area (Å²) in [5.74, 6) is 0.983. The summed E-state index contributed by atoms with van der Waals surface area (Å²) in [7, 11) is 1.61. The Bertz CT molecular complexity index is 429. The minimum Gasteiger partial charge on any atom is -0.507 e. The van der Waals surface area contributed by atoms with Crippen molar-refractivity contribution in [2.45, 2.75) is 38.6 Å². The van der Waals surface area contributed by atoms with Gasteiger partial charge in [-0.05, 0) is 38.9 Å². The zero-order chi connectivity index (χ0) is 15.1. The van der Waals surface area contributed by atoms with E-state index in [0.29, 0.717) is 11.5 Å². The summed E-state index contributed by atoms with van der Waals surface area (Å²) < 4.78 is 5.11. The highest BCUT2D eigenvalue weighted by Crippen LogP contribution is 2.28. The lowest BCUT2D eigenvalue weighted by molar-refractivity contribution is 0.280. The van der Waals surface area contributed by atoms with Crippen LogP contribution in [-0.4, -0.2) is 43.3 Å². The largest absolute Gasteiger partial charge is 0.507 e. The molecule has 1 heterocycles. The molecule has 1 aliphatic heterocycles. The standard InChI is InChI=1S/C17H28N2O2/c1-14(16-8-7-15(21-2)13-17(16)20)18-9-12-19-10-5-3-4-6-11-19/h7-8,13-14,18,20H,3-6,9-12H2,1-2H3. The van der Waals surface area contributed by atoms with Gasteiger partial charge in [0.15, 0.2) is 0 Å². The number of methoxy groups -OCH3 is 1. The Kier molecular flexibility index (Phi) is 6.33. The van der Waals surface area contributed by atoms with Gasteiger partial charge in [0.1, 0.15) is 11.5 Å². The van der Waals surface area contributed by atoms with E-state index < -0.39 is 0 Å². The van der Waals surface area contributed by atoms with Crippen LogP contribution >= 0.6 is 0 Å². The first-order valence-electron chi connectivity index (χ1n) is 8.03. The van der Waals surface area contributed by atoms with Crippen LogP contribution in [0.5, 0.6) is 11.5 Å². The normalized spacial score (nSPS) is 18.2. The number of nitrogens with one attached hydrogen (secondary N) is 1. The molecule has 0 saturated carbocycles. The summed E-state index contributed by atoms with van der Waals surface area (Å²) in [6.45, 7) is 6.57. The summed E-state index contributed by atoms with van der Waals surface area (Å²) in [4.78, 5) is 2.54. The Morgan fingerprint density at radius 3 is 2.57 bits per heavy atom. The van der Waals surface area contributed by atoms with Gasteiger partial charge >= 0.3 is 0 Å². The van der Waals surface area contributed by atoms with Crippen molar-refractivity contribution in [1.29, 1.82) is 0 Å². The third-order valence-electron chi connectivity index (χ3n) is 4.28. The quantitative estimate of drug-likeness (QED) is 0.846. The van der Waals surface area contributed by atoms with Crippen molar-refractivity contribution in [3.63, 3.8) is 0 Å². The van der Waals surface area contributed by atoms with Crippen molar-refractivity contribution in [2.24, 2.45) is 0 Å². The molecule has 2 N–H and O–H groups in total. The summed E-state index contributed by atoms with van der Waals surface area (Å²) in [5.41, 5.74) is 0.923. The molecule has 1 unspecified atom stereocenters. The summed E-state index contributed by atoms with van der Waals surface area (Å²) in [6.07, 6.45) is 5.41. The fraction of sp³-hybridized carbons (Fsp3) is 0.647. The second-order valence-electron chi connectivity index (χ2n) is 5.86. The maximum atomic E-state index is 10.0. The first-order chi connectivity index (χ1) is 10.2. The average molecular weight is 292 g/mol. The van der Waals surface area contributed by atoms with Crippen LogP contribution in [0.1, 0.15) is 44.2 Å². The highest BCUT2D eigenvalue weighted by molar-refractivity contribution is 5.41. The summed E-state index contributed by atoms with van der Waals surface area (Å²) in [5, 5.41) is 13.6. The molecule has 1 atom stereocenters. The van der Waals surface area contributed by atoms with Gasteiger partial charge in [-0.15, -0.1) is 0 Å². The van der Waals surface area contributed by atoms with Gasteiger partial charge in [0.05, 0.1) is 7.11 Å². The van der Waals surface area contributed by atoms with E-state index in [-0.39, 0.29) is 6.04 Å². The molecule has 4 nitrogen and oxygen atoms in total. The smallest absolute Gasteiger partial charge is 0.124 e. The molecular weight excluding hydrogens is 264 g/mol. The van der Waals surface area contributed by atoms with Crippen LogP contribution in [0.4, 0.5) is 0 Å². The summed E-state index contributed by atoms with van der Waals surface area (Å²) in [6, 6.07) is 5.63. The van der Waals surface area contributed by atoms with Crippen molar-refractivity contribution >= 4 is 0 Å². The Hall–Kier alpha value is -1.26. The molecule has 0 amide bonds. The number of benzene rings is 1. The van der Waals surface area contributed by atoms with E-state index in [2.05, 4.69) is 17.1 Å². The Morgan fingerprint density at radius 1 is 1.24 bits per heavy atom. The Labute approximate surface area is 128 Å². The highest BCUT2D eigenvalue weighted by atomic mass is 16.5. The van der Waals surface area contributed by atoms with Gasteiger partial charge < -0.3 is 20.1 Å². The average Bonchev–Trinajstić information content (AvgIpc) is 2.75. The van der Waals surface area contributed by atoms with E-state index in [1.54, 1.807) is 13.2 Å². The maximum Gasteiger partial charge on any atom is 0.124 e. The van der Waals surface area contributed by atoms with Crippen molar-refractivity contribution < 1.29 is 9.84 Å². The first-order valence-corrected chi connectivity index (χ1v) is 8.03. The molecule has 1 saturated heterocycles. The molecule has 0 spiro atoms. The van der Waals surface area contributed by atoms with Crippen LogP contribution in [-0.2, 0) is 0 Å². The maximum absolute atomic E-state index is 10.0. The van der Waals surface area contributed by atoms with Crippen LogP contribution < -0.4 is 10.1 Å². The van der Waals surface area contributed by atoms with Crippen LogP contribution in [0.25, 0.3) is 0 Å². The highest BCUT2D eigenvalue weighted by Gasteiger charge is 2.12. The van der Waals surface area contributed by atoms with Crippen molar-refractivity contribution in [2.75, 3.05) is 33.3 Å². The molecule has 1 aliphatic rings. The molecule has 0 aromatic heterocycles. The monoisotopic (exact) mass is 292 g/mol. The lowest BCUT2D eigenvalue weighted by Crippen LogP contribution is -2.33. The zero-order valence-electron chi connectivity index (χ0n) is 13.3. The predicted octanol–water partition coefficient (Wildman–Crippen LogP) is 2.93. The SMILES string of the molecule is COc1ccc(C(C)NCCN2CCCCCC2)c(O)c1. The van der Waals surface area contributed by atoms with E-state index in [9.17, 15) is 5.11 Å². The van der Waals surface area contributed by atoms with Gasteiger partial charge in [-0.25, -0.2) is 0 Å². The number of aromatic hydroxyl groups is 1. The number of phenolic OH excluding ortho intramolecular Hbond substituents is 1. The zero-order valence-corrected chi connectivity index (χ0v) is 13.3. The number of nitrogens with zero attached hydrogens (tertiary/aromatic N) is 1. The van der Waals surface area contributed by atoms with Gasteiger partial charge in [0.25, 0.3) is 0 Å². The van der Waals surface area contributed by atoms with Crippen molar-refractivity contribution in [1.82, 2.24) is 10.2 Å². The van der Waals surface area contributed by atoms with E-state index in [1.807, 2.05) is 12.1 Å². The van der Waals surface area contributed by atoms with Gasteiger partial charge in [-0.2, -0.15) is 0 Å². The molecule has 2 rings (SSSR count). The van der Waals surface area contributed by atoms with E-state index in [1.165, 1.54) is 38.8 Å². The number of hydrogen-bond acceptors (Lipinski definition) is 4. The van der Waals surface area contributed by atoms with Crippen LogP contribution in [0, 0.1) is 0 Å². The third-order valence-corrected chi connectivity index (χ3v) is 4.28. The fourth-order valence-electron chi connectivity index (χ4n) is 2.93. The molecule has 0 aliphatic carbocycles. The van der Waals surface area contributed by atoms with Crippen molar-refractivity contribution in [3.8, 4) is 11.5 Å².